The molecule has 182 valence electrons. The van der Waals surface area contributed by atoms with Gasteiger partial charge < -0.3 is 4.74 Å². The summed E-state index contributed by atoms with van der Waals surface area (Å²) in [6.07, 6.45) is 15.8. The van der Waals surface area contributed by atoms with Crippen molar-refractivity contribution in [3.63, 3.8) is 0 Å². The van der Waals surface area contributed by atoms with Crippen molar-refractivity contribution in [1.29, 1.82) is 0 Å². The second-order valence-corrected chi connectivity index (χ2v) is 14.9. The molecule has 5 rings (SSSR count). The molecule has 0 aromatic rings. The van der Waals surface area contributed by atoms with E-state index in [0.717, 1.165) is 29.6 Å². The standard InChI is InChI=1S/C31H52O/c1-20(2)21-10-13-25-29(21,6)18-19-30(7)23-11-12-24-27(3,4)26(32-9)15-16-28(24,5)22(23)14-17-31(25,30)8/h14,20-21,23-26H,10-13,15-19H2,1-9H3/t21-,23+,24+,25+,26+,28+,29-,30-,31+/m1/s1. The first-order chi connectivity index (χ1) is 14.9. The Bertz CT molecular complexity index is 792. The summed E-state index contributed by atoms with van der Waals surface area (Å²) in [6, 6.07) is 0. The van der Waals surface area contributed by atoms with E-state index in [4.69, 9.17) is 4.74 Å². The Balaban J connectivity index is 1.54. The summed E-state index contributed by atoms with van der Waals surface area (Å²) >= 11 is 0. The third-order valence-electron chi connectivity index (χ3n) is 13.5. The van der Waals surface area contributed by atoms with Crippen LogP contribution >= 0.6 is 0 Å². The molecule has 0 spiro atoms. The van der Waals surface area contributed by atoms with Crippen LogP contribution in [0.1, 0.15) is 113 Å². The fourth-order valence-electron chi connectivity index (χ4n) is 11.7. The molecule has 0 aliphatic heterocycles. The van der Waals surface area contributed by atoms with Gasteiger partial charge in [-0.1, -0.05) is 67.0 Å². The van der Waals surface area contributed by atoms with Gasteiger partial charge in [0.1, 0.15) is 0 Å². The molecule has 1 nitrogen and oxygen atoms in total. The van der Waals surface area contributed by atoms with Crippen LogP contribution in [0, 0.1) is 56.7 Å². The van der Waals surface area contributed by atoms with Crippen LogP contribution in [0.15, 0.2) is 11.6 Å². The molecule has 0 bridgehead atoms. The predicted octanol–water partition coefficient (Wildman–Crippen LogP) is 8.68. The molecule has 0 saturated heterocycles. The van der Waals surface area contributed by atoms with Gasteiger partial charge in [0.05, 0.1) is 6.10 Å². The maximum absolute atomic E-state index is 6.03. The van der Waals surface area contributed by atoms with E-state index in [1.54, 1.807) is 0 Å². The van der Waals surface area contributed by atoms with Crippen LogP contribution in [0.4, 0.5) is 0 Å². The number of ether oxygens (including phenoxy) is 1. The smallest absolute Gasteiger partial charge is 0.0625 e. The van der Waals surface area contributed by atoms with Crippen LogP contribution in [0.5, 0.6) is 0 Å². The van der Waals surface area contributed by atoms with Gasteiger partial charge in [0.15, 0.2) is 0 Å². The van der Waals surface area contributed by atoms with Crippen molar-refractivity contribution in [2.45, 2.75) is 119 Å². The number of hydrogen-bond donors (Lipinski definition) is 0. The summed E-state index contributed by atoms with van der Waals surface area (Å²) in [7, 11) is 1.94. The minimum atomic E-state index is 0.274. The van der Waals surface area contributed by atoms with Crippen molar-refractivity contribution in [2.24, 2.45) is 56.7 Å². The Labute approximate surface area is 199 Å². The first-order valence-electron chi connectivity index (χ1n) is 14.1. The minimum Gasteiger partial charge on any atom is -0.381 e. The Morgan fingerprint density at radius 1 is 0.812 bits per heavy atom. The van der Waals surface area contributed by atoms with Gasteiger partial charge in [-0.3, -0.25) is 0 Å². The van der Waals surface area contributed by atoms with Gasteiger partial charge >= 0.3 is 0 Å². The highest BCUT2D eigenvalue weighted by Crippen LogP contribution is 2.76. The van der Waals surface area contributed by atoms with Crippen molar-refractivity contribution in [2.75, 3.05) is 7.11 Å². The third-order valence-corrected chi connectivity index (χ3v) is 13.5. The normalized spacial score (nSPS) is 54.3. The highest BCUT2D eigenvalue weighted by Gasteiger charge is 2.68. The molecule has 0 unspecified atom stereocenters. The number of rotatable bonds is 2. The van der Waals surface area contributed by atoms with Gasteiger partial charge in [-0.25, -0.2) is 0 Å². The molecule has 5 aliphatic rings. The second kappa shape index (κ2) is 7.11. The van der Waals surface area contributed by atoms with E-state index in [1.807, 2.05) is 12.7 Å². The molecule has 5 aliphatic carbocycles. The third kappa shape index (κ3) is 2.67. The van der Waals surface area contributed by atoms with Crippen LogP contribution in [0.25, 0.3) is 0 Å². The highest BCUT2D eigenvalue weighted by atomic mass is 16.5. The highest BCUT2D eigenvalue weighted by molar-refractivity contribution is 5.33. The monoisotopic (exact) mass is 440 g/mol. The average molecular weight is 441 g/mol. The van der Waals surface area contributed by atoms with Crippen molar-refractivity contribution in [1.82, 2.24) is 0 Å². The molecule has 32 heavy (non-hydrogen) atoms. The molecule has 1 heteroatoms. The molecule has 0 aromatic heterocycles. The maximum atomic E-state index is 6.03. The van der Waals surface area contributed by atoms with Gasteiger partial charge in [-0.2, -0.15) is 0 Å². The maximum Gasteiger partial charge on any atom is 0.0625 e. The first kappa shape index (κ1) is 23.4. The second-order valence-electron chi connectivity index (χ2n) is 14.9. The molecule has 0 N–H and O–H groups in total. The van der Waals surface area contributed by atoms with Crippen LogP contribution in [-0.2, 0) is 4.74 Å². The molecular weight excluding hydrogens is 388 g/mol. The van der Waals surface area contributed by atoms with Gasteiger partial charge in [0.25, 0.3) is 0 Å². The van der Waals surface area contributed by atoms with Crippen LogP contribution in [0.2, 0.25) is 0 Å². The van der Waals surface area contributed by atoms with Crippen molar-refractivity contribution in [3.05, 3.63) is 11.6 Å². The van der Waals surface area contributed by atoms with Gasteiger partial charge in [-0.15, -0.1) is 0 Å². The van der Waals surface area contributed by atoms with Crippen molar-refractivity contribution in [3.8, 4) is 0 Å². The first-order valence-corrected chi connectivity index (χ1v) is 14.1. The van der Waals surface area contributed by atoms with E-state index >= 15 is 0 Å². The fourth-order valence-corrected chi connectivity index (χ4v) is 11.7. The summed E-state index contributed by atoms with van der Waals surface area (Å²) in [5, 5.41) is 0. The Hall–Kier alpha value is -0.300. The molecule has 0 aromatic carbocycles. The van der Waals surface area contributed by atoms with Crippen molar-refractivity contribution < 1.29 is 4.74 Å². The number of methoxy groups -OCH3 is 1. The zero-order valence-corrected chi connectivity index (χ0v) is 22.8. The minimum absolute atomic E-state index is 0.274. The predicted molar refractivity (Wildman–Crippen MR) is 135 cm³/mol. The quantitative estimate of drug-likeness (QED) is 0.390. The van der Waals surface area contributed by atoms with E-state index in [9.17, 15) is 0 Å². The average Bonchev–Trinajstić information content (AvgIpc) is 3.08. The molecular formula is C31H52O. The van der Waals surface area contributed by atoms with Crippen LogP contribution in [-0.4, -0.2) is 13.2 Å². The lowest BCUT2D eigenvalue weighted by Gasteiger charge is -2.69. The summed E-state index contributed by atoms with van der Waals surface area (Å²) in [6.45, 7) is 20.9. The van der Waals surface area contributed by atoms with Crippen LogP contribution < -0.4 is 0 Å². The van der Waals surface area contributed by atoms with Gasteiger partial charge in [-0.05, 0) is 114 Å². The van der Waals surface area contributed by atoms with E-state index in [-0.39, 0.29) is 5.41 Å². The Kier molecular flexibility index (Phi) is 5.21. The topological polar surface area (TPSA) is 9.23 Å². The van der Waals surface area contributed by atoms with Gasteiger partial charge in [0, 0.05) is 7.11 Å². The zero-order valence-electron chi connectivity index (χ0n) is 22.8. The summed E-state index contributed by atoms with van der Waals surface area (Å²) in [5.74, 6) is 4.23. The molecule has 9 atom stereocenters. The number of allylic oxidation sites excluding steroid dienone is 2. The van der Waals surface area contributed by atoms with E-state index in [2.05, 4.69) is 61.5 Å². The lowest BCUT2D eigenvalue weighted by molar-refractivity contribution is -0.168. The molecule has 0 radical (unpaired) electrons. The summed E-state index contributed by atoms with van der Waals surface area (Å²) in [5.41, 5.74) is 4.05. The Morgan fingerprint density at radius 2 is 1.50 bits per heavy atom. The van der Waals surface area contributed by atoms with Gasteiger partial charge in [0.2, 0.25) is 0 Å². The molecule has 4 saturated carbocycles. The molecule has 0 heterocycles. The number of hydrogen-bond acceptors (Lipinski definition) is 1. The lowest BCUT2D eigenvalue weighted by Crippen LogP contribution is -2.62. The van der Waals surface area contributed by atoms with Crippen molar-refractivity contribution >= 4 is 0 Å². The summed E-state index contributed by atoms with van der Waals surface area (Å²) in [4.78, 5) is 0. The lowest BCUT2D eigenvalue weighted by atomic mass is 9.35. The fraction of sp³-hybridized carbons (Fsp3) is 0.935. The summed E-state index contributed by atoms with van der Waals surface area (Å²) < 4.78 is 6.03. The number of fused-ring (bicyclic) bond motifs is 7. The van der Waals surface area contributed by atoms with Crippen LogP contribution in [0.3, 0.4) is 0 Å². The largest absolute Gasteiger partial charge is 0.381 e. The molecule has 0 amide bonds. The zero-order chi connectivity index (χ0) is 23.3. The SMILES string of the molecule is CO[C@H]1CC[C@@]2(C)C3=CC[C@@]4(C)[C@H]5CC[C@H](C(C)C)[C@@]5(C)CC[C@]4(C)[C@H]3CC[C@H]2C1(C)C. The van der Waals surface area contributed by atoms with E-state index < -0.39 is 0 Å². The van der Waals surface area contributed by atoms with E-state index in [1.165, 1.54) is 57.8 Å². The molecule has 4 fully saturated rings. The van der Waals surface area contributed by atoms with E-state index in [0.29, 0.717) is 27.8 Å². The Morgan fingerprint density at radius 3 is 2.16 bits per heavy atom.